The zero-order valence-corrected chi connectivity index (χ0v) is 10.5. The van der Waals surface area contributed by atoms with Gasteiger partial charge in [-0.2, -0.15) is 0 Å². The fraction of sp³-hybridized carbons (Fsp3) is 0.583. The Bertz CT molecular complexity index is 327. The summed E-state index contributed by atoms with van der Waals surface area (Å²) in [6.45, 7) is 2.45. The molecule has 2 atom stereocenters. The number of aromatic nitrogens is 1. The van der Waals surface area contributed by atoms with E-state index >= 15 is 0 Å². The summed E-state index contributed by atoms with van der Waals surface area (Å²) < 4.78 is 4.86. The van der Waals surface area contributed by atoms with Gasteiger partial charge < -0.3 is 19.8 Å². The van der Waals surface area contributed by atoms with Crippen molar-refractivity contribution in [1.82, 2.24) is 4.98 Å². The van der Waals surface area contributed by atoms with Crippen LogP contribution in [0, 0.1) is 0 Å². The zero-order chi connectivity index (χ0) is 12.8. The van der Waals surface area contributed by atoms with Gasteiger partial charge in [0, 0.05) is 26.9 Å². The van der Waals surface area contributed by atoms with Crippen LogP contribution >= 0.6 is 0 Å². The molecular formula is C12H20N2O3. The number of hydrogen-bond acceptors (Lipinski definition) is 5. The van der Waals surface area contributed by atoms with Crippen LogP contribution in [0.2, 0.25) is 0 Å². The summed E-state index contributed by atoms with van der Waals surface area (Å²) in [5.74, 6) is 0.754. The van der Waals surface area contributed by atoms with E-state index < -0.39 is 12.2 Å². The Kier molecular flexibility index (Phi) is 5.34. The third-order valence-electron chi connectivity index (χ3n) is 2.49. The molecule has 0 aromatic carbocycles. The van der Waals surface area contributed by atoms with E-state index in [9.17, 15) is 10.2 Å². The van der Waals surface area contributed by atoms with Crippen molar-refractivity contribution in [2.75, 3.05) is 32.2 Å². The van der Waals surface area contributed by atoms with E-state index in [1.165, 1.54) is 0 Å². The molecule has 0 bridgehead atoms. The molecule has 0 spiro atoms. The van der Waals surface area contributed by atoms with Crippen molar-refractivity contribution in [2.45, 2.75) is 19.1 Å². The minimum absolute atomic E-state index is 0.302. The molecule has 0 saturated heterocycles. The summed E-state index contributed by atoms with van der Waals surface area (Å²) in [6, 6.07) is 3.65. The molecule has 0 radical (unpaired) electrons. The van der Waals surface area contributed by atoms with Gasteiger partial charge in [0.15, 0.2) is 0 Å². The zero-order valence-electron chi connectivity index (χ0n) is 10.5. The molecule has 1 aromatic heterocycles. The fourth-order valence-corrected chi connectivity index (χ4v) is 1.53. The second-order valence-electron chi connectivity index (χ2n) is 4.12. The maximum absolute atomic E-state index is 9.59. The minimum Gasteiger partial charge on any atom is -0.389 e. The summed E-state index contributed by atoms with van der Waals surface area (Å²) in [7, 11) is 3.40. The topological polar surface area (TPSA) is 65.8 Å². The number of ether oxygens (including phenoxy) is 1. The van der Waals surface area contributed by atoms with Crippen molar-refractivity contribution in [1.29, 1.82) is 0 Å². The van der Waals surface area contributed by atoms with Crippen molar-refractivity contribution in [3.63, 3.8) is 0 Å². The van der Waals surface area contributed by atoms with E-state index in [4.69, 9.17) is 4.74 Å². The summed E-state index contributed by atoms with van der Waals surface area (Å²) in [6.07, 6.45) is 0.586. The normalized spacial score (nSPS) is 14.4. The molecule has 5 heteroatoms. The van der Waals surface area contributed by atoms with Gasteiger partial charge in [-0.05, 0) is 18.6 Å². The molecular weight excluding hydrogens is 220 g/mol. The molecule has 1 rings (SSSR count). The number of anilines is 1. The lowest BCUT2D eigenvalue weighted by atomic mass is 10.2. The lowest BCUT2D eigenvalue weighted by Crippen LogP contribution is -2.32. The fourth-order valence-electron chi connectivity index (χ4n) is 1.53. The van der Waals surface area contributed by atoms with Gasteiger partial charge in [0.25, 0.3) is 0 Å². The molecule has 17 heavy (non-hydrogen) atoms. The Balaban J connectivity index is 2.60. The molecule has 1 aromatic rings. The van der Waals surface area contributed by atoms with Crippen LogP contribution < -0.4 is 4.90 Å². The molecule has 1 heterocycles. The number of nitrogens with zero attached hydrogens (tertiary/aromatic N) is 2. The minimum atomic E-state index is -0.539. The highest BCUT2D eigenvalue weighted by atomic mass is 16.5. The lowest BCUT2D eigenvalue weighted by molar-refractivity contribution is 0.0694. The quantitative estimate of drug-likeness (QED) is 0.761. The molecule has 0 fully saturated rings. The van der Waals surface area contributed by atoms with Gasteiger partial charge in [-0.3, -0.25) is 0 Å². The first-order valence-electron chi connectivity index (χ1n) is 5.56. The van der Waals surface area contributed by atoms with E-state index in [0.717, 1.165) is 11.4 Å². The van der Waals surface area contributed by atoms with E-state index in [1.807, 2.05) is 24.1 Å². The highest BCUT2D eigenvalue weighted by Gasteiger charge is 2.10. The maximum atomic E-state index is 9.59. The summed E-state index contributed by atoms with van der Waals surface area (Å²) in [5.41, 5.74) is 0.777. The highest BCUT2D eigenvalue weighted by Crippen LogP contribution is 2.14. The van der Waals surface area contributed by atoms with E-state index in [1.54, 1.807) is 20.2 Å². The lowest BCUT2D eigenvalue weighted by Gasteiger charge is -2.21. The number of methoxy groups -OCH3 is 1. The van der Waals surface area contributed by atoms with Gasteiger partial charge in [0.1, 0.15) is 5.82 Å². The molecule has 0 saturated carbocycles. The highest BCUT2D eigenvalue weighted by molar-refractivity contribution is 5.38. The van der Waals surface area contributed by atoms with Gasteiger partial charge in [-0.25, -0.2) is 4.98 Å². The third kappa shape index (κ3) is 4.30. The van der Waals surface area contributed by atoms with Crippen LogP contribution in [0.5, 0.6) is 0 Å². The van der Waals surface area contributed by atoms with Crippen molar-refractivity contribution in [2.24, 2.45) is 0 Å². The van der Waals surface area contributed by atoms with Crippen molar-refractivity contribution in [3.8, 4) is 0 Å². The standard InChI is InChI=1S/C12H20N2O3/c1-9(15)10-4-5-12(13-6-10)14(2)7-11(16)8-17-3/h4-6,9,11,15-16H,7-8H2,1-3H3/t9-,11?/m1/s1. The SMILES string of the molecule is COCC(O)CN(C)c1ccc([C@@H](C)O)cn1. The van der Waals surface area contributed by atoms with Crippen LogP contribution in [-0.2, 0) is 4.74 Å². The molecule has 0 aliphatic rings. The molecule has 0 aliphatic carbocycles. The first-order valence-corrected chi connectivity index (χ1v) is 5.56. The van der Waals surface area contributed by atoms with Gasteiger partial charge in [0.05, 0.1) is 18.8 Å². The monoisotopic (exact) mass is 240 g/mol. The second kappa shape index (κ2) is 6.54. The predicted octanol–water partition coefficient (Wildman–Crippen LogP) is 0.578. The number of rotatable bonds is 6. The third-order valence-corrected chi connectivity index (χ3v) is 2.49. The summed E-state index contributed by atoms with van der Waals surface area (Å²) in [4.78, 5) is 6.07. The Labute approximate surface area is 102 Å². The predicted molar refractivity (Wildman–Crippen MR) is 66.0 cm³/mol. The van der Waals surface area contributed by atoms with Crippen LogP contribution in [0.3, 0.4) is 0 Å². The number of hydrogen-bond donors (Lipinski definition) is 2. The van der Waals surface area contributed by atoms with Gasteiger partial charge in [-0.15, -0.1) is 0 Å². The molecule has 1 unspecified atom stereocenters. The maximum Gasteiger partial charge on any atom is 0.128 e. The smallest absolute Gasteiger partial charge is 0.128 e. The van der Waals surface area contributed by atoms with Gasteiger partial charge in [0.2, 0.25) is 0 Å². The Morgan fingerprint density at radius 2 is 2.12 bits per heavy atom. The number of likely N-dealkylation sites (N-methyl/N-ethyl adjacent to an activating group) is 1. The van der Waals surface area contributed by atoms with Crippen molar-refractivity contribution >= 4 is 5.82 Å². The van der Waals surface area contributed by atoms with Crippen LogP contribution in [0.15, 0.2) is 18.3 Å². The average molecular weight is 240 g/mol. The first-order chi connectivity index (χ1) is 8.04. The molecule has 96 valence electrons. The van der Waals surface area contributed by atoms with Crippen LogP contribution in [0.25, 0.3) is 0 Å². The Hall–Kier alpha value is -1.17. The van der Waals surface area contributed by atoms with Crippen LogP contribution in [-0.4, -0.2) is 48.6 Å². The average Bonchev–Trinajstić information content (AvgIpc) is 2.29. The van der Waals surface area contributed by atoms with E-state index in [2.05, 4.69) is 4.98 Å². The summed E-state index contributed by atoms with van der Waals surface area (Å²) >= 11 is 0. The second-order valence-corrected chi connectivity index (χ2v) is 4.12. The largest absolute Gasteiger partial charge is 0.389 e. The molecule has 5 nitrogen and oxygen atoms in total. The van der Waals surface area contributed by atoms with Crippen molar-refractivity contribution < 1.29 is 14.9 Å². The van der Waals surface area contributed by atoms with E-state index in [-0.39, 0.29) is 0 Å². The number of aliphatic hydroxyl groups is 2. The van der Waals surface area contributed by atoms with Crippen molar-refractivity contribution in [3.05, 3.63) is 23.9 Å². The van der Waals surface area contributed by atoms with Crippen LogP contribution in [0.1, 0.15) is 18.6 Å². The van der Waals surface area contributed by atoms with E-state index in [0.29, 0.717) is 13.2 Å². The Morgan fingerprint density at radius 1 is 1.41 bits per heavy atom. The number of aliphatic hydroxyl groups excluding tert-OH is 2. The molecule has 0 amide bonds. The Morgan fingerprint density at radius 3 is 2.59 bits per heavy atom. The molecule has 0 aliphatic heterocycles. The number of pyridine rings is 1. The first kappa shape index (κ1) is 13.9. The molecule has 2 N–H and O–H groups in total. The van der Waals surface area contributed by atoms with Gasteiger partial charge >= 0.3 is 0 Å². The summed E-state index contributed by atoms with van der Waals surface area (Å²) in [5, 5.41) is 18.9. The van der Waals surface area contributed by atoms with Crippen LogP contribution in [0.4, 0.5) is 5.82 Å². The van der Waals surface area contributed by atoms with Gasteiger partial charge in [-0.1, -0.05) is 6.07 Å².